The first-order valence-electron chi connectivity index (χ1n) is 7.59. The fourth-order valence-electron chi connectivity index (χ4n) is 2.42. The molecule has 8 nitrogen and oxygen atoms in total. The second kappa shape index (κ2) is 8.26. The van der Waals surface area contributed by atoms with E-state index in [1.165, 1.54) is 0 Å². The summed E-state index contributed by atoms with van der Waals surface area (Å²) in [4.78, 5) is 28.0. The topological polar surface area (TPSA) is 115 Å². The largest absolute Gasteiger partial charge is 0.350 e. The Morgan fingerprint density at radius 1 is 1.43 bits per heavy atom. The SMILES string of the molecule is Cc1nc2n(n1)CC(NC(=O)CNC(=O)[C@@H](N)C(C)C)CC2.Cl. The lowest BCUT2D eigenvalue weighted by molar-refractivity contribution is -0.127. The van der Waals surface area contributed by atoms with E-state index in [0.717, 1.165) is 24.5 Å². The predicted molar refractivity (Wildman–Crippen MR) is 88.1 cm³/mol. The molecule has 130 valence electrons. The van der Waals surface area contributed by atoms with Crippen LogP contribution in [-0.4, -0.2) is 45.2 Å². The number of halogens is 1. The molecule has 1 unspecified atom stereocenters. The van der Waals surface area contributed by atoms with E-state index < -0.39 is 6.04 Å². The molecule has 0 spiro atoms. The van der Waals surface area contributed by atoms with Crippen molar-refractivity contribution in [3.63, 3.8) is 0 Å². The number of amides is 2. The van der Waals surface area contributed by atoms with Gasteiger partial charge in [0, 0.05) is 12.5 Å². The van der Waals surface area contributed by atoms with Gasteiger partial charge in [0.1, 0.15) is 11.6 Å². The molecule has 0 saturated heterocycles. The highest BCUT2D eigenvalue weighted by Crippen LogP contribution is 2.12. The van der Waals surface area contributed by atoms with Crippen molar-refractivity contribution < 1.29 is 9.59 Å². The Bertz CT molecular complexity index is 559. The summed E-state index contributed by atoms with van der Waals surface area (Å²) in [7, 11) is 0. The lowest BCUT2D eigenvalue weighted by atomic mass is 10.1. The molecule has 1 aromatic rings. The summed E-state index contributed by atoms with van der Waals surface area (Å²) in [5.41, 5.74) is 5.72. The van der Waals surface area contributed by atoms with Crippen LogP contribution in [0.15, 0.2) is 0 Å². The number of hydrogen-bond acceptors (Lipinski definition) is 5. The van der Waals surface area contributed by atoms with Crippen molar-refractivity contribution in [2.75, 3.05) is 6.54 Å². The summed E-state index contributed by atoms with van der Waals surface area (Å²) < 4.78 is 1.83. The molecule has 1 aromatic heterocycles. The van der Waals surface area contributed by atoms with Gasteiger partial charge in [0.2, 0.25) is 11.8 Å². The molecule has 0 bridgehead atoms. The molecule has 2 heterocycles. The predicted octanol–water partition coefficient (Wildman–Crippen LogP) is -0.461. The summed E-state index contributed by atoms with van der Waals surface area (Å²) >= 11 is 0. The number of aromatic nitrogens is 3. The molecular weight excluding hydrogens is 320 g/mol. The smallest absolute Gasteiger partial charge is 0.239 e. The highest BCUT2D eigenvalue weighted by Gasteiger charge is 2.23. The van der Waals surface area contributed by atoms with Crippen LogP contribution in [0.5, 0.6) is 0 Å². The van der Waals surface area contributed by atoms with E-state index in [1.54, 1.807) is 0 Å². The molecule has 0 saturated carbocycles. The van der Waals surface area contributed by atoms with Gasteiger partial charge < -0.3 is 16.4 Å². The number of nitrogens with zero attached hydrogens (tertiary/aromatic N) is 3. The van der Waals surface area contributed by atoms with Crippen molar-refractivity contribution in [3.8, 4) is 0 Å². The monoisotopic (exact) mass is 344 g/mol. The first-order chi connectivity index (χ1) is 10.4. The number of nitrogens with two attached hydrogens (primary N) is 1. The Balaban J connectivity index is 0.00000264. The third-order valence-corrected chi connectivity index (χ3v) is 3.77. The van der Waals surface area contributed by atoms with Crippen LogP contribution >= 0.6 is 12.4 Å². The Morgan fingerprint density at radius 2 is 2.13 bits per heavy atom. The molecular formula is C14H25ClN6O2. The fraction of sp³-hybridized carbons (Fsp3) is 0.714. The second-order valence-corrected chi connectivity index (χ2v) is 6.05. The van der Waals surface area contributed by atoms with Gasteiger partial charge in [-0.2, -0.15) is 5.10 Å². The van der Waals surface area contributed by atoms with E-state index >= 15 is 0 Å². The van der Waals surface area contributed by atoms with Gasteiger partial charge in [-0.05, 0) is 19.3 Å². The van der Waals surface area contributed by atoms with Crippen molar-refractivity contribution in [1.82, 2.24) is 25.4 Å². The van der Waals surface area contributed by atoms with Gasteiger partial charge in [-0.15, -0.1) is 12.4 Å². The molecule has 2 atom stereocenters. The Morgan fingerprint density at radius 3 is 2.78 bits per heavy atom. The van der Waals surface area contributed by atoms with Crippen molar-refractivity contribution in [1.29, 1.82) is 0 Å². The molecule has 23 heavy (non-hydrogen) atoms. The summed E-state index contributed by atoms with van der Waals surface area (Å²) in [6, 6.07) is -0.583. The minimum absolute atomic E-state index is 0. The van der Waals surface area contributed by atoms with Crippen molar-refractivity contribution in [2.24, 2.45) is 11.7 Å². The van der Waals surface area contributed by atoms with E-state index in [4.69, 9.17) is 5.73 Å². The molecule has 0 fully saturated rings. The molecule has 2 amide bonds. The molecule has 0 radical (unpaired) electrons. The first kappa shape index (κ1) is 19.4. The summed E-state index contributed by atoms with van der Waals surface area (Å²) in [5.74, 6) is 1.23. The Labute approximate surface area is 142 Å². The van der Waals surface area contributed by atoms with Gasteiger partial charge in [-0.25, -0.2) is 9.67 Å². The fourth-order valence-corrected chi connectivity index (χ4v) is 2.42. The number of rotatable bonds is 5. The van der Waals surface area contributed by atoms with E-state index in [0.29, 0.717) is 6.54 Å². The van der Waals surface area contributed by atoms with Crippen LogP contribution in [0.3, 0.4) is 0 Å². The van der Waals surface area contributed by atoms with Gasteiger partial charge in [0.15, 0.2) is 0 Å². The normalized spacial score (nSPS) is 17.9. The highest BCUT2D eigenvalue weighted by atomic mass is 35.5. The van der Waals surface area contributed by atoms with Gasteiger partial charge in [-0.1, -0.05) is 13.8 Å². The molecule has 0 aromatic carbocycles. The molecule has 1 aliphatic heterocycles. The van der Waals surface area contributed by atoms with E-state index in [1.807, 2.05) is 25.5 Å². The lowest BCUT2D eigenvalue weighted by Gasteiger charge is -2.23. The summed E-state index contributed by atoms with van der Waals surface area (Å²) in [6.45, 7) is 6.14. The molecule has 1 aliphatic rings. The number of hydrogen-bond donors (Lipinski definition) is 3. The van der Waals surface area contributed by atoms with Gasteiger partial charge in [-0.3, -0.25) is 9.59 Å². The van der Waals surface area contributed by atoms with Gasteiger partial charge >= 0.3 is 0 Å². The Hall–Kier alpha value is -1.67. The van der Waals surface area contributed by atoms with Crippen molar-refractivity contribution in [3.05, 3.63) is 11.6 Å². The number of carbonyl (C=O) groups excluding carboxylic acids is 2. The first-order valence-corrected chi connectivity index (χ1v) is 7.59. The number of carbonyl (C=O) groups is 2. The highest BCUT2D eigenvalue weighted by molar-refractivity contribution is 5.87. The zero-order valence-corrected chi connectivity index (χ0v) is 14.5. The third kappa shape index (κ3) is 5.18. The summed E-state index contributed by atoms with van der Waals surface area (Å²) in [5, 5.41) is 9.77. The molecule has 2 rings (SSSR count). The van der Waals surface area contributed by atoms with Crippen LogP contribution in [-0.2, 0) is 22.6 Å². The average Bonchev–Trinajstić information content (AvgIpc) is 2.83. The van der Waals surface area contributed by atoms with Crippen LogP contribution in [0.25, 0.3) is 0 Å². The standard InChI is InChI=1S/C14H24N6O2.ClH/c1-8(2)13(15)14(22)16-6-12(21)18-10-4-5-11-17-9(3)19-20(11)7-10;/h8,10,13H,4-7,15H2,1-3H3,(H,16,22)(H,18,21);1H/t10?,13-;/m0./s1. The zero-order chi connectivity index (χ0) is 16.3. The van der Waals surface area contributed by atoms with Crippen molar-refractivity contribution in [2.45, 2.75) is 52.2 Å². The Kier molecular flexibility index (Phi) is 6.96. The minimum atomic E-state index is -0.594. The number of aryl methyl sites for hydroxylation is 2. The number of nitrogens with one attached hydrogen (secondary N) is 2. The van der Waals surface area contributed by atoms with Crippen LogP contribution in [0, 0.1) is 12.8 Å². The molecule has 4 N–H and O–H groups in total. The van der Waals surface area contributed by atoms with Crippen LogP contribution in [0.1, 0.15) is 31.9 Å². The van der Waals surface area contributed by atoms with Crippen LogP contribution in [0.2, 0.25) is 0 Å². The number of fused-ring (bicyclic) bond motifs is 1. The maximum absolute atomic E-state index is 11.9. The quantitative estimate of drug-likeness (QED) is 0.668. The molecule has 0 aliphatic carbocycles. The van der Waals surface area contributed by atoms with Crippen LogP contribution < -0.4 is 16.4 Å². The lowest BCUT2D eigenvalue weighted by Crippen LogP contribution is -2.49. The molecule has 9 heteroatoms. The van der Waals surface area contributed by atoms with Crippen LogP contribution in [0.4, 0.5) is 0 Å². The van der Waals surface area contributed by atoms with E-state index in [2.05, 4.69) is 20.7 Å². The van der Waals surface area contributed by atoms with Gasteiger partial charge in [0.25, 0.3) is 0 Å². The average molecular weight is 345 g/mol. The second-order valence-electron chi connectivity index (χ2n) is 6.05. The van der Waals surface area contributed by atoms with E-state index in [-0.39, 0.29) is 42.7 Å². The minimum Gasteiger partial charge on any atom is -0.350 e. The maximum atomic E-state index is 11.9. The zero-order valence-electron chi connectivity index (χ0n) is 13.7. The maximum Gasteiger partial charge on any atom is 0.239 e. The van der Waals surface area contributed by atoms with Gasteiger partial charge in [0.05, 0.1) is 19.1 Å². The van der Waals surface area contributed by atoms with Crippen molar-refractivity contribution >= 4 is 24.2 Å². The third-order valence-electron chi connectivity index (χ3n) is 3.77. The van der Waals surface area contributed by atoms with E-state index in [9.17, 15) is 9.59 Å². The summed E-state index contributed by atoms with van der Waals surface area (Å²) in [6.07, 6.45) is 1.61.